The highest BCUT2D eigenvalue weighted by atomic mass is 16.4. The molecule has 110 valence electrons. The molecule has 1 saturated heterocycles. The minimum atomic E-state index is -1.15. The van der Waals surface area contributed by atoms with Crippen LogP contribution in [0.25, 0.3) is 0 Å². The number of aromatic nitrogens is 1. The molecule has 0 saturated carbocycles. The summed E-state index contributed by atoms with van der Waals surface area (Å²) < 4.78 is 0. The number of amides is 4. The average molecular weight is 292 g/mol. The Balaban J connectivity index is 2.02. The largest absolute Gasteiger partial charge is 0.478 e. The second kappa shape index (κ2) is 5.57. The predicted octanol–water partition coefficient (Wildman–Crippen LogP) is -0.388. The maximum absolute atomic E-state index is 11.8. The van der Waals surface area contributed by atoms with Crippen LogP contribution >= 0.6 is 0 Å². The van der Waals surface area contributed by atoms with Crippen molar-refractivity contribution in [2.24, 2.45) is 0 Å². The molecule has 0 unspecified atom stereocenters. The molecule has 2 N–H and O–H groups in total. The zero-order valence-corrected chi connectivity index (χ0v) is 11.1. The monoisotopic (exact) mass is 292 g/mol. The first-order valence-electron chi connectivity index (χ1n) is 5.93. The van der Waals surface area contributed by atoms with E-state index >= 15 is 0 Å². The summed E-state index contributed by atoms with van der Waals surface area (Å²) in [5.41, 5.74) is -0.0339. The number of urea groups is 1. The fourth-order valence-corrected chi connectivity index (χ4v) is 1.78. The van der Waals surface area contributed by atoms with E-state index in [0.29, 0.717) is 0 Å². The van der Waals surface area contributed by atoms with Gasteiger partial charge in [-0.2, -0.15) is 0 Å². The maximum atomic E-state index is 11.8. The first-order valence-corrected chi connectivity index (χ1v) is 5.93. The lowest BCUT2D eigenvalue weighted by molar-refractivity contribution is -0.129. The van der Waals surface area contributed by atoms with Crippen LogP contribution in [0.2, 0.25) is 0 Å². The molecule has 0 aliphatic carbocycles. The van der Waals surface area contributed by atoms with Crippen LogP contribution in [0.4, 0.5) is 10.6 Å². The number of aromatic carboxylic acids is 1. The Bertz CT molecular complexity index is 630. The fraction of sp³-hybridized carbons (Fsp3) is 0.250. The van der Waals surface area contributed by atoms with Gasteiger partial charge in [-0.15, -0.1) is 0 Å². The molecule has 21 heavy (non-hydrogen) atoms. The summed E-state index contributed by atoms with van der Waals surface area (Å²) >= 11 is 0. The van der Waals surface area contributed by atoms with Gasteiger partial charge in [-0.3, -0.25) is 14.5 Å². The molecular weight excluding hydrogens is 280 g/mol. The molecule has 1 fully saturated rings. The zero-order valence-electron chi connectivity index (χ0n) is 11.1. The van der Waals surface area contributed by atoms with Gasteiger partial charge < -0.3 is 15.3 Å². The van der Waals surface area contributed by atoms with Crippen LogP contribution in [0.5, 0.6) is 0 Å². The number of anilines is 1. The molecular formula is C12H12N4O5. The quantitative estimate of drug-likeness (QED) is 0.729. The summed E-state index contributed by atoms with van der Waals surface area (Å²) in [6.45, 7) is -0.514. The SMILES string of the molecule is CN1CC(=O)N(CC(=O)Nc2cc(C(=O)O)ccn2)C1=O. The molecule has 1 aromatic heterocycles. The number of hydrogen-bond acceptors (Lipinski definition) is 5. The van der Waals surface area contributed by atoms with E-state index in [9.17, 15) is 19.2 Å². The zero-order chi connectivity index (χ0) is 15.6. The van der Waals surface area contributed by atoms with Crippen molar-refractivity contribution in [3.63, 3.8) is 0 Å². The lowest BCUT2D eigenvalue weighted by Crippen LogP contribution is -2.38. The molecule has 0 atom stereocenters. The van der Waals surface area contributed by atoms with E-state index in [1.807, 2.05) is 0 Å². The van der Waals surface area contributed by atoms with Crippen LogP contribution in [-0.4, -0.2) is 63.8 Å². The Labute approximate surface area is 119 Å². The summed E-state index contributed by atoms with van der Waals surface area (Å²) in [6, 6.07) is 1.91. The Hall–Kier alpha value is -2.97. The number of likely N-dealkylation sites (N-methyl/N-ethyl adjacent to an activating group) is 1. The third kappa shape index (κ3) is 3.14. The summed E-state index contributed by atoms with van der Waals surface area (Å²) in [5.74, 6) is -2.22. The molecule has 1 aromatic rings. The van der Waals surface area contributed by atoms with Crippen molar-refractivity contribution < 1.29 is 24.3 Å². The smallest absolute Gasteiger partial charge is 0.335 e. The molecule has 0 spiro atoms. The first kappa shape index (κ1) is 14.4. The number of carboxylic acids is 1. The summed E-state index contributed by atoms with van der Waals surface area (Å²) in [5, 5.41) is 11.2. The number of nitrogens with one attached hydrogen (secondary N) is 1. The van der Waals surface area contributed by atoms with Gasteiger partial charge in [-0.1, -0.05) is 0 Å². The van der Waals surface area contributed by atoms with Crippen molar-refractivity contribution >= 4 is 29.6 Å². The number of carbonyl (C=O) groups excluding carboxylic acids is 3. The molecule has 2 heterocycles. The van der Waals surface area contributed by atoms with Crippen LogP contribution in [0.1, 0.15) is 10.4 Å². The van der Waals surface area contributed by atoms with Crippen LogP contribution in [0.15, 0.2) is 18.3 Å². The second-order valence-corrected chi connectivity index (χ2v) is 4.40. The van der Waals surface area contributed by atoms with E-state index in [-0.39, 0.29) is 17.9 Å². The molecule has 2 rings (SSSR count). The van der Waals surface area contributed by atoms with Gasteiger partial charge in [0.25, 0.3) is 5.91 Å². The molecule has 0 bridgehead atoms. The summed E-state index contributed by atoms with van der Waals surface area (Å²) in [6.07, 6.45) is 1.24. The maximum Gasteiger partial charge on any atom is 0.335 e. The van der Waals surface area contributed by atoms with Gasteiger partial charge in [0.05, 0.1) is 5.56 Å². The molecule has 1 aliphatic heterocycles. The van der Waals surface area contributed by atoms with Crippen LogP contribution in [0, 0.1) is 0 Å². The van der Waals surface area contributed by atoms with E-state index in [1.165, 1.54) is 30.3 Å². The number of nitrogens with zero attached hydrogens (tertiary/aromatic N) is 3. The van der Waals surface area contributed by atoms with Crippen LogP contribution < -0.4 is 5.32 Å². The standard InChI is InChI=1S/C12H12N4O5/c1-15-6-10(18)16(12(15)21)5-9(17)14-8-4-7(11(19)20)2-3-13-8/h2-4H,5-6H2,1H3,(H,19,20)(H,13,14,17). The van der Waals surface area contributed by atoms with E-state index in [2.05, 4.69) is 10.3 Å². The third-order valence-corrected chi connectivity index (χ3v) is 2.81. The van der Waals surface area contributed by atoms with Crippen molar-refractivity contribution in [2.45, 2.75) is 0 Å². The van der Waals surface area contributed by atoms with Gasteiger partial charge >= 0.3 is 12.0 Å². The minimum absolute atomic E-state index is 0.0339. The molecule has 9 heteroatoms. The second-order valence-electron chi connectivity index (χ2n) is 4.40. The van der Waals surface area contributed by atoms with Crippen molar-refractivity contribution in [3.8, 4) is 0 Å². The first-order chi connectivity index (χ1) is 9.88. The lowest BCUT2D eigenvalue weighted by Gasteiger charge is -2.13. The van der Waals surface area contributed by atoms with E-state index in [1.54, 1.807) is 0 Å². The van der Waals surface area contributed by atoms with Crippen molar-refractivity contribution in [2.75, 3.05) is 25.5 Å². The minimum Gasteiger partial charge on any atom is -0.478 e. The molecule has 1 aliphatic rings. The highest BCUT2D eigenvalue weighted by molar-refractivity contribution is 6.06. The van der Waals surface area contributed by atoms with Gasteiger partial charge in [0.15, 0.2) is 0 Å². The highest BCUT2D eigenvalue weighted by Crippen LogP contribution is 2.09. The summed E-state index contributed by atoms with van der Waals surface area (Å²) in [4.78, 5) is 51.5. The number of imide groups is 1. The molecule has 0 radical (unpaired) electrons. The van der Waals surface area contributed by atoms with Crippen molar-refractivity contribution in [1.82, 2.24) is 14.8 Å². The van der Waals surface area contributed by atoms with Gasteiger partial charge in [-0.05, 0) is 12.1 Å². The molecule has 4 amide bonds. The average Bonchev–Trinajstić information content (AvgIpc) is 2.65. The number of hydrogen-bond donors (Lipinski definition) is 2. The van der Waals surface area contributed by atoms with E-state index in [0.717, 1.165) is 4.90 Å². The van der Waals surface area contributed by atoms with Crippen LogP contribution in [0.3, 0.4) is 0 Å². The van der Waals surface area contributed by atoms with Crippen molar-refractivity contribution in [1.29, 1.82) is 0 Å². The Morgan fingerprint density at radius 1 is 1.43 bits per heavy atom. The third-order valence-electron chi connectivity index (χ3n) is 2.81. The number of pyridine rings is 1. The van der Waals surface area contributed by atoms with Crippen molar-refractivity contribution in [3.05, 3.63) is 23.9 Å². The van der Waals surface area contributed by atoms with Gasteiger partial charge in [0.2, 0.25) is 5.91 Å². The molecule has 9 nitrogen and oxygen atoms in total. The Morgan fingerprint density at radius 3 is 2.71 bits per heavy atom. The number of carboxylic acid groups (broad SMARTS) is 1. The normalized spacial score (nSPS) is 14.5. The Kier molecular flexibility index (Phi) is 3.83. The lowest BCUT2D eigenvalue weighted by atomic mass is 10.2. The number of rotatable bonds is 4. The predicted molar refractivity (Wildman–Crippen MR) is 69.6 cm³/mol. The van der Waals surface area contributed by atoms with Gasteiger partial charge in [0, 0.05) is 13.2 Å². The van der Waals surface area contributed by atoms with E-state index in [4.69, 9.17) is 5.11 Å². The topological polar surface area (TPSA) is 120 Å². The fourth-order valence-electron chi connectivity index (χ4n) is 1.78. The van der Waals surface area contributed by atoms with E-state index < -0.39 is 30.4 Å². The van der Waals surface area contributed by atoms with Gasteiger partial charge in [0.1, 0.15) is 18.9 Å². The highest BCUT2D eigenvalue weighted by Gasteiger charge is 2.34. The number of carbonyl (C=O) groups is 4. The summed E-state index contributed by atoms with van der Waals surface area (Å²) in [7, 11) is 1.45. The Morgan fingerprint density at radius 2 is 2.14 bits per heavy atom. The van der Waals surface area contributed by atoms with Gasteiger partial charge in [-0.25, -0.2) is 14.6 Å². The molecule has 0 aromatic carbocycles. The van der Waals surface area contributed by atoms with Crippen LogP contribution in [-0.2, 0) is 9.59 Å².